The third-order valence-electron chi connectivity index (χ3n) is 6.27. The van der Waals surface area contributed by atoms with Crippen LogP contribution >= 0.6 is 0 Å². The average Bonchev–Trinajstić information content (AvgIpc) is 3.48. The van der Waals surface area contributed by atoms with E-state index in [1.165, 1.54) is 11.6 Å². The molecule has 2 aliphatic rings. The van der Waals surface area contributed by atoms with Crippen molar-refractivity contribution in [2.24, 2.45) is 0 Å². The van der Waals surface area contributed by atoms with E-state index in [2.05, 4.69) is 27.6 Å². The lowest BCUT2D eigenvalue weighted by Gasteiger charge is -2.17. The van der Waals surface area contributed by atoms with Crippen LogP contribution in [0.5, 0.6) is 17.5 Å². The first-order valence-electron chi connectivity index (χ1n) is 11.1. The molecule has 7 heteroatoms. The molecule has 0 atom stereocenters. The molecule has 1 aromatic heterocycles. The molecule has 0 radical (unpaired) electrons. The predicted octanol–water partition coefficient (Wildman–Crippen LogP) is 4.76. The van der Waals surface area contributed by atoms with Gasteiger partial charge in [-0.2, -0.15) is 0 Å². The summed E-state index contributed by atoms with van der Waals surface area (Å²) in [5.41, 5.74) is 4.55. The van der Waals surface area contributed by atoms with E-state index in [1.54, 1.807) is 6.07 Å². The molecule has 2 aromatic carbocycles. The Hall–Kier alpha value is -3.22. The van der Waals surface area contributed by atoms with Crippen molar-refractivity contribution in [3.63, 3.8) is 0 Å². The summed E-state index contributed by atoms with van der Waals surface area (Å²) in [6.45, 7) is 4.93. The molecule has 0 spiro atoms. The van der Waals surface area contributed by atoms with Gasteiger partial charge in [-0.25, -0.2) is 4.57 Å². The standard InChI is InChI=1S/C24H28N4O3/c1-14(2)18-12-19(22(30)13-21(18)29)23-26-27-24(31-17-5-3-4-6-17)28(23)16-7-8-20-15(11-16)9-10-25-20/h7-8,11-14,17,25,29-30H,3-6,9-10H2,1-2H3. The van der Waals surface area contributed by atoms with Crippen molar-refractivity contribution in [3.8, 4) is 34.6 Å². The van der Waals surface area contributed by atoms with Crippen LogP contribution in [0.3, 0.4) is 0 Å². The number of hydrogen-bond donors (Lipinski definition) is 3. The number of nitrogens with zero attached hydrogens (tertiary/aromatic N) is 3. The summed E-state index contributed by atoms with van der Waals surface area (Å²) in [6, 6.07) is 9.83. The maximum atomic E-state index is 10.7. The van der Waals surface area contributed by atoms with E-state index in [0.717, 1.165) is 55.6 Å². The Morgan fingerprint density at radius 3 is 2.65 bits per heavy atom. The highest BCUT2D eigenvalue weighted by atomic mass is 16.5. The highest BCUT2D eigenvalue weighted by molar-refractivity contribution is 5.70. The predicted molar refractivity (Wildman–Crippen MR) is 119 cm³/mol. The first-order chi connectivity index (χ1) is 15.0. The summed E-state index contributed by atoms with van der Waals surface area (Å²) in [5, 5.41) is 33.1. The lowest BCUT2D eigenvalue weighted by atomic mass is 9.98. The first kappa shape index (κ1) is 19.7. The van der Waals surface area contributed by atoms with Gasteiger partial charge < -0.3 is 20.3 Å². The number of nitrogens with one attached hydrogen (secondary N) is 1. The molecule has 0 saturated heterocycles. The normalized spacial score (nSPS) is 16.0. The number of aromatic nitrogens is 3. The summed E-state index contributed by atoms with van der Waals surface area (Å²) < 4.78 is 8.15. The van der Waals surface area contributed by atoms with Crippen molar-refractivity contribution in [1.29, 1.82) is 0 Å². The summed E-state index contributed by atoms with van der Waals surface area (Å²) in [6.07, 6.45) is 5.43. The minimum atomic E-state index is -0.0363. The highest BCUT2D eigenvalue weighted by Crippen LogP contribution is 2.40. The molecule has 162 valence electrons. The van der Waals surface area contributed by atoms with Crippen molar-refractivity contribution in [3.05, 3.63) is 41.5 Å². The van der Waals surface area contributed by atoms with Gasteiger partial charge in [0.2, 0.25) is 0 Å². The first-order valence-corrected chi connectivity index (χ1v) is 11.1. The van der Waals surface area contributed by atoms with E-state index in [0.29, 0.717) is 17.4 Å². The SMILES string of the molecule is CC(C)c1cc(-c2nnc(OC3CCCC3)n2-c2ccc3c(c2)CCN3)c(O)cc1O. The molecule has 0 amide bonds. The van der Waals surface area contributed by atoms with Crippen molar-refractivity contribution >= 4 is 5.69 Å². The molecule has 5 rings (SSSR count). The van der Waals surface area contributed by atoms with Gasteiger partial charge in [-0.05, 0) is 73.4 Å². The van der Waals surface area contributed by atoms with Gasteiger partial charge in [0.25, 0.3) is 0 Å². The van der Waals surface area contributed by atoms with Gasteiger partial charge in [0.15, 0.2) is 5.82 Å². The van der Waals surface area contributed by atoms with Crippen LogP contribution < -0.4 is 10.1 Å². The van der Waals surface area contributed by atoms with Gasteiger partial charge in [-0.1, -0.05) is 18.9 Å². The number of aromatic hydroxyl groups is 2. The number of anilines is 1. The van der Waals surface area contributed by atoms with Crippen LogP contribution in [-0.4, -0.2) is 37.6 Å². The molecule has 1 fully saturated rings. The second-order valence-corrected chi connectivity index (χ2v) is 8.77. The Labute approximate surface area is 181 Å². The third kappa shape index (κ3) is 3.58. The number of phenols is 2. The summed E-state index contributed by atoms with van der Waals surface area (Å²) in [5.74, 6) is 0.633. The lowest BCUT2D eigenvalue weighted by molar-refractivity contribution is 0.188. The van der Waals surface area contributed by atoms with Gasteiger partial charge in [0.05, 0.1) is 11.3 Å². The van der Waals surface area contributed by atoms with Crippen LogP contribution in [0.25, 0.3) is 17.1 Å². The van der Waals surface area contributed by atoms with Crippen LogP contribution in [0.2, 0.25) is 0 Å². The average molecular weight is 421 g/mol. The van der Waals surface area contributed by atoms with Crippen molar-refractivity contribution < 1.29 is 14.9 Å². The minimum absolute atomic E-state index is 0.0363. The molecule has 0 bridgehead atoms. The Morgan fingerprint density at radius 2 is 1.87 bits per heavy atom. The quantitative estimate of drug-likeness (QED) is 0.551. The summed E-state index contributed by atoms with van der Waals surface area (Å²) >= 11 is 0. The van der Waals surface area contributed by atoms with E-state index < -0.39 is 0 Å². The van der Waals surface area contributed by atoms with Gasteiger partial charge >= 0.3 is 6.01 Å². The molecular formula is C24H28N4O3. The van der Waals surface area contributed by atoms with Crippen molar-refractivity contribution in [2.45, 2.75) is 58.0 Å². The fourth-order valence-electron chi connectivity index (χ4n) is 4.57. The van der Waals surface area contributed by atoms with E-state index in [1.807, 2.05) is 24.5 Å². The Balaban J connectivity index is 1.66. The molecular weight excluding hydrogens is 392 g/mol. The summed E-state index contributed by atoms with van der Waals surface area (Å²) in [4.78, 5) is 0. The molecule has 31 heavy (non-hydrogen) atoms. The smallest absolute Gasteiger partial charge is 0.322 e. The van der Waals surface area contributed by atoms with Gasteiger partial charge in [-0.15, -0.1) is 5.10 Å². The number of rotatable bonds is 5. The Kier molecular flexibility index (Phi) is 4.96. The van der Waals surface area contributed by atoms with Crippen LogP contribution in [-0.2, 0) is 6.42 Å². The molecule has 3 aromatic rings. The molecule has 3 N–H and O–H groups in total. The van der Waals surface area contributed by atoms with Crippen molar-refractivity contribution in [1.82, 2.24) is 14.8 Å². The fraction of sp³-hybridized carbons (Fsp3) is 0.417. The molecule has 7 nitrogen and oxygen atoms in total. The number of ether oxygens (including phenoxy) is 1. The second kappa shape index (κ2) is 7.80. The Bertz CT molecular complexity index is 1120. The zero-order chi connectivity index (χ0) is 21.5. The lowest BCUT2D eigenvalue weighted by Crippen LogP contribution is -2.14. The van der Waals surface area contributed by atoms with E-state index in [9.17, 15) is 10.2 Å². The van der Waals surface area contributed by atoms with E-state index >= 15 is 0 Å². The zero-order valence-corrected chi connectivity index (χ0v) is 17.9. The molecule has 1 aliphatic carbocycles. The van der Waals surface area contributed by atoms with Crippen LogP contribution in [0.15, 0.2) is 30.3 Å². The second-order valence-electron chi connectivity index (χ2n) is 8.77. The number of hydrogen-bond acceptors (Lipinski definition) is 6. The Morgan fingerprint density at radius 1 is 1.06 bits per heavy atom. The molecule has 1 saturated carbocycles. The maximum absolute atomic E-state index is 10.7. The summed E-state index contributed by atoms with van der Waals surface area (Å²) in [7, 11) is 0. The maximum Gasteiger partial charge on any atom is 0.322 e. The topological polar surface area (TPSA) is 92.4 Å². The number of phenolic OH excluding ortho intramolecular Hbond substituents is 2. The molecule has 2 heterocycles. The minimum Gasteiger partial charge on any atom is -0.508 e. The number of fused-ring (bicyclic) bond motifs is 1. The van der Waals surface area contributed by atoms with Crippen molar-refractivity contribution in [2.75, 3.05) is 11.9 Å². The molecule has 0 unspecified atom stereocenters. The largest absolute Gasteiger partial charge is 0.508 e. The van der Waals surface area contributed by atoms with Gasteiger partial charge in [0, 0.05) is 18.3 Å². The number of benzene rings is 2. The van der Waals surface area contributed by atoms with Gasteiger partial charge in [-0.3, -0.25) is 0 Å². The highest BCUT2D eigenvalue weighted by Gasteiger charge is 2.26. The van der Waals surface area contributed by atoms with Gasteiger partial charge in [0.1, 0.15) is 17.6 Å². The molecule has 1 aliphatic heterocycles. The fourth-order valence-corrected chi connectivity index (χ4v) is 4.57. The van der Waals surface area contributed by atoms with E-state index in [4.69, 9.17) is 4.74 Å². The van der Waals surface area contributed by atoms with E-state index in [-0.39, 0.29) is 23.5 Å². The van der Waals surface area contributed by atoms with Crippen LogP contribution in [0, 0.1) is 0 Å². The third-order valence-corrected chi connectivity index (χ3v) is 6.27. The zero-order valence-electron chi connectivity index (χ0n) is 17.9. The van der Waals surface area contributed by atoms with Crippen LogP contribution in [0.1, 0.15) is 56.6 Å². The van der Waals surface area contributed by atoms with Crippen LogP contribution in [0.4, 0.5) is 5.69 Å². The monoisotopic (exact) mass is 420 g/mol.